The van der Waals surface area contributed by atoms with Gasteiger partial charge < -0.3 is 20.0 Å². The van der Waals surface area contributed by atoms with Gasteiger partial charge in [0.1, 0.15) is 17.9 Å². The van der Waals surface area contributed by atoms with Crippen LogP contribution in [-0.2, 0) is 0 Å². The molecule has 33 heavy (non-hydrogen) atoms. The van der Waals surface area contributed by atoms with Crippen LogP contribution in [0, 0.1) is 0 Å². The first-order valence-corrected chi connectivity index (χ1v) is 10.8. The lowest BCUT2D eigenvalue weighted by atomic mass is 10.1. The molecule has 1 atom stereocenters. The van der Waals surface area contributed by atoms with Gasteiger partial charge >= 0.3 is 0 Å². The molecule has 0 aliphatic carbocycles. The maximum Gasteiger partial charge on any atom is 0.263 e. The summed E-state index contributed by atoms with van der Waals surface area (Å²) in [6.45, 7) is 0. The third-order valence-corrected chi connectivity index (χ3v) is 5.48. The zero-order valence-corrected chi connectivity index (χ0v) is 19.9. The number of aromatic amines is 1. The molecule has 8 nitrogen and oxygen atoms in total. The van der Waals surface area contributed by atoms with Crippen molar-refractivity contribution in [1.29, 1.82) is 0 Å². The van der Waals surface area contributed by atoms with E-state index in [4.69, 9.17) is 10.2 Å². The van der Waals surface area contributed by atoms with Crippen LogP contribution in [0.2, 0.25) is 0 Å². The summed E-state index contributed by atoms with van der Waals surface area (Å²) in [5.74, 6) is 1.84. The van der Waals surface area contributed by atoms with E-state index in [9.17, 15) is 4.79 Å². The fraction of sp³-hybridized carbons (Fsp3) is 0.333. The van der Waals surface area contributed by atoms with Gasteiger partial charge in [-0.2, -0.15) is 13.5 Å². The number of aromatic nitrogens is 4. The number of imidazole rings is 1. The maximum absolute atomic E-state index is 11.9. The number of unbranched alkanes of at least 4 members (excludes halogenated alkanes) is 2. The summed E-state index contributed by atoms with van der Waals surface area (Å²) in [5, 5.41) is 1.08. The number of Topliss-reactive ketones (excluding diaryl/α,β-unsaturated/α-hetero) is 1. The van der Waals surface area contributed by atoms with Crippen LogP contribution in [0.25, 0.3) is 22.2 Å². The smallest absolute Gasteiger partial charge is 0.263 e. The molecular weight excluding hydrogens is 436 g/mol. The van der Waals surface area contributed by atoms with Gasteiger partial charge in [-0.05, 0) is 37.1 Å². The van der Waals surface area contributed by atoms with Crippen LogP contribution in [0.3, 0.4) is 0 Å². The van der Waals surface area contributed by atoms with Gasteiger partial charge in [-0.1, -0.05) is 18.9 Å². The van der Waals surface area contributed by atoms with E-state index in [0.717, 1.165) is 59.5 Å². The number of oxazole rings is 1. The van der Waals surface area contributed by atoms with Crippen molar-refractivity contribution in [2.24, 2.45) is 5.73 Å². The molecule has 3 aromatic heterocycles. The Balaban J connectivity index is 0.00000306. The summed E-state index contributed by atoms with van der Waals surface area (Å²) in [4.78, 5) is 30.3. The largest absolute Gasteiger partial charge is 0.442 e. The minimum Gasteiger partial charge on any atom is -0.442 e. The number of nitrogens with two attached hydrogens (primary N) is 1. The van der Waals surface area contributed by atoms with Gasteiger partial charge in [0.2, 0.25) is 5.78 Å². The van der Waals surface area contributed by atoms with E-state index < -0.39 is 0 Å². The number of ketones is 1. The predicted molar refractivity (Wildman–Crippen MR) is 135 cm³/mol. The van der Waals surface area contributed by atoms with Gasteiger partial charge in [0.25, 0.3) is 5.89 Å². The lowest BCUT2D eigenvalue weighted by Gasteiger charge is -2.12. The van der Waals surface area contributed by atoms with E-state index in [0.29, 0.717) is 6.42 Å². The van der Waals surface area contributed by atoms with Gasteiger partial charge in [-0.3, -0.25) is 4.79 Å². The van der Waals surface area contributed by atoms with Crippen LogP contribution in [0.15, 0.2) is 53.4 Å². The first kappa shape index (κ1) is 24.5. The first-order valence-electron chi connectivity index (χ1n) is 10.8. The number of benzene rings is 1. The molecule has 0 aliphatic rings. The summed E-state index contributed by atoms with van der Waals surface area (Å²) in [6, 6.07) is 10.1. The summed E-state index contributed by atoms with van der Waals surface area (Å²) < 4.78 is 5.03. The van der Waals surface area contributed by atoms with E-state index >= 15 is 0 Å². The summed E-state index contributed by atoms with van der Waals surface area (Å²) >= 11 is 0. The van der Waals surface area contributed by atoms with E-state index in [1.807, 2.05) is 43.4 Å². The van der Waals surface area contributed by atoms with Crippen LogP contribution in [-0.4, -0.2) is 39.8 Å². The Kier molecular flexibility index (Phi) is 8.24. The second-order valence-corrected chi connectivity index (χ2v) is 8.12. The van der Waals surface area contributed by atoms with Crippen molar-refractivity contribution in [3.63, 3.8) is 0 Å². The molecule has 3 heterocycles. The zero-order valence-electron chi connectivity index (χ0n) is 18.9. The summed E-state index contributed by atoms with van der Waals surface area (Å²) in [7, 11) is 3.96. The topological polar surface area (TPSA) is 114 Å². The molecule has 0 radical (unpaired) electrons. The number of fused-ring (bicyclic) bond motifs is 1. The molecule has 0 saturated carbocycles. The van der Waals surface area contributed by atoms with Crippen molar-refractivity contribution < 1.29 is 9.21 Å². The molecule has 4 aromatic rings. The van der Waals surface area contributed by atoms with Crippen molar-refractivity contribution in [1.82, 2.24) is 19.9 Å². The Morgan fingerprint density at radius 2 is 2.00 bits per heavy atom. The van der Waals surface area contributed by atoms with Gasteiger partial charge in [-0.25, -0.2) is 15.0 Å². The average Bonchev–Trinajstić information content (AvgIpc) is 3.50. The highest BCUT2D eigenvalue weighted by Gasteiger charge is 2.13. The number of carbonyl (C=O) groups excluding carboxylic acids is 1. The van der Waals surface area contributed by atoms with Gasteiger partial charge in [0.15, 0.2) is 0 Å². The second kappa shape index (κ2) is 11.1. The van der Waals surface area contributed by atoms with E-state index in [-0.39, 0.29) is 31.2 Å². The Hall–Kier alpha value is -3.17. The van der Waals surface area contributed by atoms with Gasteiger partial charge in [0, 0.05) is 31.5 Å². The Bertz CT molecular complexity index is 1190. The third kappa shape index (κ3) is 6.00. The molecule has 0 spiro atoms. The number of hydrogen-bond acceptors (Lipinski definition) is 7. The second-order valence-electron chi connectivity index (χ2n) is 8.12. The number of nitrogens with zero attached hydrogens (tertiary/aromatic N) is 4. The molecule has 0 amide bonds. The van der Waals surface area contributed by atoms with Crippen molar-refractivity contribution in [2.75, 3.05) is 19.0 Å². The van der Waals surface area contributed by atoms with Gasteiger partial charge in [0.05, 0.1) is 29.6 Å². The fourth-order valence-electron chi connectivity index (χ4n) is 3.63. The summed E-state index contributed by atoms with van der Waals surface area (Å²) in [5.41, 5.74) is 9.28. The molecule has 9 heteroatoms. The van der Waals surface area contributed by atoms with Crippen LogP contribution >= 0.6 is 13.5 Å². The molecule has 1 aromatic carbocycles. The number of anilines is 1. The number of nitrogens with one attached hydrogen (secondary N) is 1. The molecular formula is C24H30N6O2S. The molecule has 0 fully saturated rings. The highest BCUT2D eigenvalue weighted by molar-refractivity contribution is 7.59. The van der Waals surface area contributed by atoms with Gasteiger partial charge in [-0.15, -0.1) is 0 Å². The van der Waals surface area contributed by atoms with E-state index in [1.165, 1.54) is 12.5 Å². The van der Waals surface area contributed by atoms with Crippen molar-refractivity contribution in [3.8, 4) is 11.3 Å². The minimum absolute atomic E-state index is 0. The maximum atomic E-state index is 11.9. The molecule has 4 rings (SSSR count). The first-order chi connectivity index (χ1) is 15.5. The van der Waals surface area contributed by atoms with E-state index in [1.54, 1.807) is 0 Å². The quantitative estimate of drug-likeness (QED) is 0.259. The Labute approximate surface area is 200 Å². The SMILES string of the molecule is CN(C)c1ccc2cc(-c3cnc([C@@H](N)CCCCCC(=O)c4ncco4)[nH]3)ccc2n1.S. The Morgan fingerprint density at radius 1 is 1.15 bits per heavy atom. The number of pyridine rings is 1. The minimum atomic E-state index is -0.170. The fourth-order valence-corrected chi connectivity index (χ4v) is 3.63. The molecule has 0 bridgehead atoms. The van der Waals surface area contributed by atoms with Crippen molar-refractivity contribution in [2.45, 2.75) is 38.1 Å². The predicted octanol–water partition coefficient (Wildman–Crippen LogP) is 4.62. The number of rotatable bonds is 10. The highest BCUT2D eigenvalue weighted by Crippen LogP contribution is 2.25. The average molecular weight is 467 g/mol. The number of carbonyl (C=O) groups is 1. The number of H-pyrrole nitrogens is 1. The monoisotopic (exact) mass is 466 g/mol. The third-order valence-electron chi connectivity index (χ3n) is 5.48. The van der Waals surface area contributed by atoms with Crippen LogP contribution in [0.1, 0.15) is 54.7 Å². The number of hydrogen-bond donors (Lipinski definition) is 2. The lowest BCUT2D eigenvalue weighted by molar-refractivity contribution is 0.0945. The standard InChI is InChI=1S/C24H28N6O2.H2S/c1-30(2)22-11-9-16-14-17(8-10-19(16)28-22)20-15-27-23(29-20)18(25)6-4-3-5-7-21(31)24-26-12-13-32-24;/h8-15,18H,3-7,25H2,1-2H3,(H,27,29);1H2/t18-;/m0./s1. The lowest BCUT2D eigenvalue weighted by Crippen LogP contribution is -2.12. The Morgan fingerprint density at radius 3 is 2.76 bits per heavy atom. The molecule has 0 saturated heterocycles. The molecule has 3 N–H and O–H groups in total. The van der Waals surface area contributed by atoms with E-state index in [2.05, 4.69) is 32.1 Å². The molecule has 0 unspecified atom stereocenters. The zero-order chi connectivity index (χ0) is 22.5. The van der Waals surface area contributed by atoms with Crippen LogP contribution in [0.4, 0.5) is 5.82 Å². The normalized spacial score (nSPS) is 11.8. The molecule has 174 valence electrons. The molecule has 0 aliphatic heterocycles. The van der Waals surface area contributed by atoms with Crippen LogP contribution < -0.4 is 10.6 Å². The highest BCUT2D eigenvalue weighted by atomic mass is 32.1. The van der Waals surface area contributed by atoms with Crippen molar-refractivity contribution in [3.05, 3.63) is 60.7 Å². The summed E-state index contributed by atoms with van der Waals surface area (Å²) in [6.07, 6.45) is 8.60. The van der Waals surface area contributed by atoms with Crippen LogP contribution in [0.5, 0.6) is 0 Å². The van der Waals surface area contributed by atoms with Crippen molar-refractivity contribution >= 4 is 36.0 Å².